The van der Waals surface area contributed by atoms with E-state index in [-0.39, 0.29) is 12.4 Å². The number of benzene rings is 2. The van der Waals surface area contributed by atoms with Gasteiger partial charge >= 0.3 is 0 Å². The van der Waals surface area contributed by atoms with Gasteiger partial charge in [0, 0.05) is 5.56 Å². The summed E-state index contributed by atoms with van der Waals surface area (Å²) in [6.07, 6.45) is 3.42. The molecule has 0 aliphatic heterocycles. The molecule has 0 aromatic heterocycles. The molecule has 0 bridgehead atoms. The van der Waals surface area contributed by atoms with Crippen molar-refractivity contribution in [3.8, 4) is 23.0 Å². The Labute approximate surface area is 158 Å². The highest BCUT2D eigenvalue weighted by molar-refractivity contribution is 5.85. The van der Waals surface area contributed by atoms with Gasteiger partial charge in [-0.15, -0.1) is 0 Å². The van der Waals surface area contributed by atoms with Crippen LogP contribution in [-0.2, 0) is 4.79 Å². The lowest BCUT2D eigenvalue weighted by molar-refractivity contribution is -0.123. The number of aromatic hydroxyl groups is 1. The Morgan fingerprint density at radius 1 is 1.11 bits per heavy atom. The molecule has 0 atom stereocenters. The first-order chi connectivity index (χ1) is 13.1. The van der Waals surface area contributed by atoms with Crippen LogP contribution in [0.3, 0.4) is 0 Å². The van der Waals surface area contributed by atoms with Crippen LogP contribution < -0.4 is 19.6 Å². The Kier molecular flexibility index (Phi) is 7.96. The number of amides is 1. The fourth-order valence-electron chi connectivity index (χ4n) is 2.08. The molecule has 0 saturated carbocycles. The van der Waals surface area contributed by atoms with E-state index in [1.807, 2.05) is 0 Å². The average molecular weight is 372 g/mol. The molecule has 27 heavy (non-hydrogen) atoms. The first-order valence-corrected chi connectivity index (χ1v) is 8.67. The van der Waals surface area contributed by atoms with E-state index in [0.717, 1.165) is 18.6 Å². The smallest absolute Gasteiger partial charge is 0.277 e. The lowest BCUT2D eigenvalue weighted by atomic mass is 10.2. The number of nitrogens with zero attached hydrogens (tertiary/aromatic N) is 1. The molecule has 0 aliphatic carbocycles. The highest BCUT2D eigenvalue weighted by atomic mass is 16.5. The Balaban J connectivity index is 1.77. The van der Waals surface area contributed by atoms with Gasteiger partial charge in [-0.05, 0) is 48.9 Å². The number of phenolic OH excluding ortho intramolecular Hbond substituents is 1. The number of nitrogens with one attached hydrogen (secondary N) is 1. The number of methoxy groups -OCH3 is 1. The van der Waals surface area contributed by atoms with Gasteiger partial charge in [0.25, 0.3) is 5.91 Å². The van der Waals surface area contributed by atoms with Crippen LogP contribution in [0, 0.1) is 0 Å². The maximum atomic E-state index is 11.8. The second-order valence-electron chi connectivity index (χ2n) is 5.68. The minimum Gasteiger partial charge on any atom is -0.507 e. The van der Waals surface area contributed by atoms with Crippen molar-refractivity contribution in [3.63, 3.8) is 0 Å². The minimum atomic E-state index is -0.420. The lowest BCUT2D eigenvalue weighted by Gasteiger charge is -2.08. The fourth-order valence-corrected chi connectivity index (χ4v) is 2.08. The molecule has 2 N–H and O–H groups in total. The predicted molar refractivity (Wildman–Crippen MR) is 103 cm³/mol. The summed E-state index contributed by atoms with van der Waals surface area (Å²) in [6.45, 7) is 2.60. The van der Waals surface area contributed by atoms with Crippen LogP contribution >= 0.6 is 0 Å². The summed E-state index contributed by atoms with van der Waals surface area (Å²) in [5.41, 5.74) is 2.77. The molecule has 2 aromatic rings. The molecule has 0 heterocycles. The topological polar surface area (TPSA) is 89.4 Å². The second kappa shape index (κ2) is 10.7. The molecule has 0 aliphatic rings. The van der Waals surface area contributed by atoms with E-state index in [1.165, 1.54) is 19.4 Å². The molecule has 144 valence electrons. The van der Waals surface area contributed by atoms with Crippen LogP contribution in [-0.4, -0.2) is 37.6 Å². The van der Waals surface area contributed by atoms with E-state index < -0.39 is 5.91 Å². The molecule has 7 nitrogen and oxygen atoms in total. The van der Waals surface area contributed by atoms with Gasteiger partial charge < -0.3 is 19.3 Å². The van der Waals surface area contributed by atoms with E-state index in [9.17, 15) is 9.90 Å². The van der Waals surface area contributed by atoms with Gasteiger partial charge in [0.05, 0.1) is 19.9 Å². The number of carbonyl (C=O) groups is 1. The summed E-state index contributed by atoms with van der Waals surface area (Å²) < 4.78 is 16.0. The van der Waals surface area contributed by atoms with E-state index in [2.05, 4.69) is 17.5 Å². The Morgan fingerprint density at radius 2 is 1.78 bits per heavy atom. The average Bonchev–Trinajstić information content (AvgIpc) is 2.69. The number of unbranched alkanes of at least 4 members (excludes halogenated alkanes) is 1. The maximum Gasteiger partial charge on any atom is 0.277 e. The molecule has 0 fully saturated rings. The van der Waals surface area contributed by atoms with Crippen molar-refractivity contribution in [3.05, 3.63) is 48.0 Å². The summed E-state index contributed by atoms with van der Waals surface area (Å²) in [7, 11) is 1.52. The zero-order valence-electron chi connectivity index (χ0n) is 15.5. The standard InChI is InChI=1S/C20H24N2O5/c1-3-4-11-26-16-5-7-17(8-6-16)27-14-20(24)22-21-13-15-12-18(25-2)9-10-19(15)23/h5-10,12-13,23H,3-4,11,14H2,1-2H3,(H,22,24)/b21-13-. The quantitative estimate of drug-likeness (QED) is 0.380. The van der Waals surface area contributed by atoms with E-state index in [1.54, 1.807) is 36.4 Å². The highest BCUT2D eigenvalue weighted by Gasteiger charge is 2.04. The van der Waals surface area contributed by atoms with E-state index >= 15 is 0 Å². The summed E-state index contributed by atoms with van der Waals surface area (Å²) in [4.78, 5) is 11.8. The van der Waals surface area contributed by atoms with Crippen molar-refractivity contribution >= 4 is 12.1 Å². The van der Waals surface area contributed by atoms with Gasteiger partial charge in [-0.3, -0.25) is 4.79 Å². The maximum absolute atomic E-state index is 11.8. The lowest BCUT2D eigenvalue weighted by Crippen LogP contribution is -2.24. The number of phenols is 1. The van der Waals surface area contributed by atoms with Crippen LogP contribution in [0.25, 0.3) is 0 Å². The monoisotopic (exact) mass is 372 g/mol. The third-order valence-electron chi connectivity index (χ3n) is 3.59. The molecule has 0 radical (unpaired) electrons. The van der Waals surface area contributed by atoms with Crippen molar-refractivity contribution in [2.75, 3.05) is 20.3 Å². The number of hydrogen-bond acceptors (Lipinski definition) is 6. The number of hydrazone groups is 1. The van der Waals surface area contributed by atoms with Gasteiger partial charge in [0.1, 0.15) is 23.0 Å². The summed E-state index contributed by atoms with van der Waals surface area (Å²) in [5, 5.41) is 13.5. The Morgan fingerprint density at radius 3 is 2.44 bits per heavy atom. The molecule has 0 spiro atoms. The van der Waals surface area contributed by atoms with Crippen LogP contribution in [0.2, 0.25) is 0 Å². The third kappa shape index (κ3) is 6.89. The summed E-state index contributed by atoms with van der Waals surface area (Å²) >= 11 is 0. The summed E-state index contributed by atoms with van der Waals surface area (Å²) in [6, 6.07) is 11.8. The van der Waals surface area contributed by atoms with Crippen molar-refractivity contribution < 1.29 is 24.1 Å². The van der Waals surface area contributed by atoms with Crippen molar-refractivity contribution in [2.24, 2.45) is 5.10 Å². The highest BCUT2D eigenvalue weighted by Crippen LogP contribution is 2.21. The number of carbonyl (C=O) groups excluding carboxylic acids is 1. The van der Waals surface area contributed by atoms with Gasteiger partial charge in [0.2, 0.25) is 0 Å². The molecule has 7 heteroatoms. The molecule has 1 amide bonds. The predicted octanol–water partition coefficient (Wildman–Crippen LogP) is 3.11. The minimum absolute atomic E-state index is 0.0336. The van der Waals surface area contributed by atoms with E-state index in [4.69, 9.17) is 14.2 Å². The normalized spacial score (nSPS) is 10.6. The van der Waals surface area contributed by atoms with Gasteiger partial charge in [-0.2, -0.15) is 5.10 Å². The molecular formula is C20H24N2O5. The van der Waals surface area contributed by atoms with Gasteiger partial charge in [0.15, 0.2) is 6.61 Å². The SMILES string of the molecule is CCCCOc1ccc(OCC(=O)N/N=C\c2cc(OC)ccc2O)cc1. The molecule has 2 rings (SSSR count). The molecule has 2 aromatic carbocycles. The summed E-state index contributed by atoms with van der Waals surface area (Å²) in [5.74, 6) is 1.51. The van der Waals surface area contributed by atoms with Crippen LogP contribution in [0.5, 0.6) is 23.0 Å². The number of ether oxygens (including phenoxy) is 3. The van der Waals surface area contributed by atoms with Crippen LogP contribution in [0.1, 0.15) is 25.3 Å². The van der Waals surface area contributed by atoms with Crippen LogP contribution in [0.15, 0.2) is 47.6 Å². The molecule has 0 unspecified atom stereocenters. The van der Waals surface area contributed by atoms with E-state index in [0.29, 0.717) is 23.7 Å². The zero-order chi connectivity index (χ0) is 19.5. The number of hydrogen-bond donors (Lipinski definition) is 2. The fraction of sp³-hybridized carbons (Fsp3) is 0.300. The number of rotatable bonds is 10. The zero-order valence-corrected chi connectivity index (χ0v) is 15.5. The molecular weight excluding hydrogens is 348 g/mol. The first-order valence-electron chi connectivity index (χ1n) is 8.67. The Bertz CT molecular complexity index is 759. The third-order valence-corrected chi connectivity index (χ3v) is 3.59. The second-order valence-corrected chi connectivity index (χ2v) is 5.68. The molecule has 0 saturated heterocycles. The van der Waals surface area contributed by atoms with Gasteiger partial charge in [-0.1, -0.05) is 13.3 Å². The van der Waals surface area contributed by atoms with Crippen molar-refractivity contribution in [2.45, 2.75) is 19.8 Å². The Hall–Kier alpha value is -3.22. The largest absolute Gasteiger partial charge is 0.507 e. The van der Waals surface area contributed by atoms with Gasteiger partial charge in [-0.25, -0.2) is 5.43 Å². The first kappa shape index (κ1) is 20.1. The van der Waals surface area contributed by atoms with Crippen LogP contribution in [0.4, 0.5) is 0 Å². The van der Waals surface area contributed by atoms with Crippen molar-refractivity contribution in [1.29, 1.82) is 0 Å². The van der Waals surface area contributed by atoms with Crippen molar-refractivity contribution in [1.82, 2.24) is 5.43 Å².